The molecule has 0 unspecified atom stereocenters. The topological polar surface area (TPSA) is 48.1 Å². The first-order valence-corrected chi connectivity index (χ1v) is 4.98. The Kier molecular flexibility index (Phi) is 2.46. The SMILES string of the molecule is CC(C)Oc1ccc2ncccc2c1N. The van der Waals surface area contributed by atoms with E-state index in [9.17, 15) is 0 Å². The van der Waals surface area contributed by atoms with Crippen molar-refractivity contribution in [3.05, 3.63) is 30.5 Å². The molecule has 0 amide bonds. The number of aromatic nitrogens is 1. The van der Waals surface area contributed by atoms with Crippen LogP contribution < -0.4 is 10.5 Å². The predicted molar refractivity (Wildman–Crippen MR) is 61.9 cm³/mol. The molecule has 0 atom stereocenters. The van der Waals surface area contributed by atoms with Gasteiger partial charge in [0.1, 0.15) is 5.75 Å². The van der Waals surface area contributed by atoms with Gasteiger partial charge in [-0.25, -0.2) is 0 Å². The molecule has 2 aromatic rings. The third kappa shape index (κ3) is 1.86. The number of nitrogen functional groups attached to an aromatic ring is 1. The highest BCUT2D eigenvalue weighted by molar-refractivity contribution is 5.93. The summed E-state index contributed by atoms with van der Waals surface area (Å²) in [5.74, 6) is 0.727. The molecule has 0 saturated carbocycles. The second-order valence-electron chi connectivity index (χ2n) is 3.71. The molecule has 78 valence electrons. The van der Waals surface area contributed by atoms with E-state index in [0.717, 1.165) is 16.7 Å². The Morgan fingerprint density at radius 1 is 1.27 bits per heavy atom. The Bertz CT molecular complexity index is 480. The molecule has 15 heavy (non-hydrogen) atoms. The van der Waals surface area contributed by atoms with Crippen LogP contribution in [-0.2, 0) is 0 Å². The van der Waals surface area contributed by atoms with E-state index in [2.05, 4.69) is 4.98 Å². The van der Waals surface area contributed by atoms with Crippen molar-refractivity contribution in [2.24, 2.45) is 0 Å². The third-order valence-electron chi connectivity index (χ3n) is 2.15. The molecule has 0 aliphatic carbocycles. The Balaban J connectivity index is 2.55. The maximum atomic E-state index is 6.00. The van der Waals surface area contributed by atoms with Gasteiger partial charge < -0.3 is 10.5 Å². The summed E-state index contributed by atoms with van der Waals surface area (Å²) >= 11 is 0. The number of fused-ring (bicyclic) bond motifs is 1. The number of rotatable bonds is 2. The molecule has 0 spiro atoms. The molecular weight excluding hydrogens is 188 g/mol. The first-order valence-electron chi connectivity index (χ1n) is 4.98. The van der Waals surface area contributed by atoms with Gasteiger partial charge in [0, 0.05) is 11.6 Å². The van der Waals surface area contributed by atoms with E-state index in [0.29, 0.717) is 5.69 Å². The standard InChI is InChI=1S/C12H14N2O/c1-8(2)15-11-6-5-10-9(12(11)13)4-3-7-14-10/h3-8H,13H2,1-2H3. The zero-order valence-electron chi connectivity index (χ0n) is 8.90. The highest BCUT2D eigenvalue weighted by Crippen LogP contribution is 2.29. The summed E-state index contributed by atoms with van der Waals surface area (Å²) in [4.78, 5) is 4.23. The molecule has 0 fully saturated rings. The summed E-state index contributed by atoms with van der Waals surface area (Å²) in [5, 5.41) is 0.940. The third-order valence-corrected chi connectivity index (χ3v) is 2.15. The van der Waals surface area contributed by atoms with Gasteiger partial charge in [0.2, 0.25) is 0 Å². The second-order valence-corrected chi connectivity index (χ2v) is 3.71. The van der Waals surface area contributed by atoms with Crippen molar-refractivity contribution in [2.75, 3.05) is 5.73 Å². The van der Waals surface area contributed by atoms with Crippen LogP contribution in [0.15, 0.2) is 30.5 Å². The van der Waals surface area contributed by atoms with E-state index < -0.39 is 0 Å². The van der Waals surface area contributed by atoms with Crippen LogP contribution in [0.25, 0.3) is 10.9 Å². The van der Waals surface area contributed by atoms with E-state index in [-0.39, 0.29) is 6.10 Å². The first kappa shape index (κ1) is 9.77. The molecule has 1 heterocycles. The van der Waals surface area contributed by atoms with Gasteiger partial charge in [-0.05, 0) is 38.1 Å². The van der Waals surface area contributed by atoms with E-state index in [1.165, 1.54) is 0 Å². The maximum absolute atomic E-state index is 6.00. The summed E-state index contributed by atoms with van der Waals surface area (Å²) in [7, 11) is 0. The number of nitrogens with zero attached hydrogens (tertiary/aromatic N) is 1. The zero-order valence-corrected chi connectivity index (χ0v) is 8.90. The number of ether oxygens (including phenoxy) is 1. The molecule has 3 heteroatoms. The number of pyridine rings is 1. The van der Waals surface area contributed by atoms with Gasteiger partial charge in [0.25, 0.3) is 0 Å². The van der Waals surface area contributed by atoms with E-state index in [1.54, 1.807) is 6.20 Å². The fourth-order valence-electron chi connectivity index (χ4n) is 1.51. The van der Waals surface area contributed by atoms with Crippen LogP contribution in [0.5, 0.6) is 5.75 Å². The lowest BCUT2D eigenvalue weighted by molar-refractivity contribution is 0.244. The maximum Gasteiger partial charge on any atom is 0.143 e. The summed E-state index contributed by atoms with van der Waals surface area (Å²) in [6.07, 6.45) is 1.88. The van der Waals surface area contributed by atoms with E-state index in [4.69, 9.17) is 10.5 Å². The molecule has 1 aromatic heterocycles. The zero-order chi connectivity index (χ0) is 10.8. The predicted octanol–water partition coefficient (Wildman–Crippen LogP) is 2.60. The molecule has 0 radical (unpaired) electrons. The van der Waals surface area contributed by atoms with E-state index >= 15 is 0 Å². The Labute approximate surface area is 88.9 Å². The van der Waals surface area contributed by atoms with Crippen molar-refractivity contribution < 1.29 is 4.74 Å². The molecule has 2 rings (SSSR count). The number of anilines is 1. The molecule has 0 saturated heterocycles. The highest BCUT2D eigenvalue weighted by Gasteiger charge is 2.06. The van der Waals surface area contributed by atoms with Crippen molar-refractivity contribution in [2.45, 2.75) is 20.0 Å². The lowest BCUT2D eigenvalue weighted by Crippen LogP contribution is -2.07. The van der Waals surface area contributed by atoms with Gasteiger partial charge >= 0.3 is 0 Å². The monoisotopic (exact) mass is 202 g/mol. The average molecular weight is 202 g/mol. The van der Waals surface area contributed by atoms with Crippen LogP contribution in [0, 0.1) is 0 Å². The number of hydrogen-bond acceptors (Lipinski definition) is 3. The number of benzene rings is 1. The quantitative estimate of drug-likeness (QED) is 0.761. The largest absolute Gasteiger partial charge is 0.489 e. The summed E-state index contributed by atoms with van der Waals surface area (Å²) in [6.45, 7) is 3.96. The number of hydrogen-bond donors (Lipinski definition) is 1. The average Bonchev–Trinajstić information content (AvgIpc) is 2.22. The van der Waals surface area contributed by atoms with Crippen molar-refractivity contribution in [1.82, 2.24) is 4.98 Å². The Morgan fingerprint density at radius 2 is 2.07 bits per heavy atom. The summed E-state index contributed by atoms with van der Waals surface area (Å²) in [5.41, 5.74) is 7.56. The minimum atomic E-state index is 0.126. The molecule has 0 bridgehead atoms. The lowest BCUT2D eigenvalue weighted by atomic mass is 10.1. The molecular formula is C12H14N2O. The molecule has 0 aliphatic rings. The van der Waals surface area contributed by atoms with Crippen LogP contribution in [0.2, 0.25) is 0 Å². The molecule has 2 N–H and O–H groups in total. The van der Waals surface area contributed by atoms with Crippen LogP contribution >= 0.6 is 0 Å². The minimum Gasteiger partial charge on any atom is -0.489 e. The Hall–Kier alpha value is -1.77. The second kappa shape index (κ2) is 3.77. The fourth-order valence-corrected chi connectivity index (χ4v) is 1.51. The van der Waals surface area contributed by atoms with Crippen molar-refractivity contribution in [3.8, 4) is 5.75 Å². The van der Waals surface area contributed by atoms with Gasteiger partial charge in [0.05, 0.1) is 17.3 Å². The van der Waals surface area contributed by atoms with Crippen molar-refractivity contribution >= 4 is 16.6 Å². The molecule has 3 nitrogen and oxygen atoms in total. The van der Waals surface area contributed by atoms with E-state index in [1.807, 2.05) is 38.1 Å². The van der Waals surface area contributed by atoms with Crippen LogP contribution in [0.3, 0.4) is 0 Å². The van der Waals surface area contributed by atoms with Crippen molar-refractivity contribution in [3.63, 3.8) is 0 Å². The normalized spacial score (nSPS) is 10.9. The van der Waals surface area contributed by atoms with Gasteiger partial charge in [-0.15, -0.1) is 0 Å². The van der Waals surface area contributed by atoms with Gasteiger partial charge in [-0.2, -0.15) is 0 Å². The molecule has 0 aliphatic heterocycles. The fraction of sp³-hybridized carbons (Fsp3) is 0.250. The summed E-state index contributed by atoms with van der Waals surface area (Å²) < 4.78 is 5.60. The van der Waals surface area contributed by atoms with Gasteiger partial charge in [-0.3, -0.25) is 4.98 Å². The summed E-state index contributed by atoms with van der Waals surface area (Å²) in [6, 6.07) is 7.61. The molecule has 1 aromatic carbocycles. The van der Waals surface area contributed by atoms with Crippen molar-refractivity contribution in [1.29, 1.82) is 0 Å². The highest BCUT2D eigenvalue weighted by atomic mass is 16.5. The number of nitrogens with two attached hydrogens (primary N) is 1. The van der Waals surface area contributed by atoms with Crippen LogP contribution in [0.1, 0.15) is 13.8 Å². The first-order chi connectivity index (χ1) is 7.18. The van der Waals surface area contributed by atoms with Crippen LogP contribution in [0.4, 0.5) is 5.69 Å². The minimum absolute atomic E-state index is 0.126. The van der Waals surface area contributed by atoms with Crippen LogP contribution in [-0.4, -0.2) is 11.1 Å². The lowest BCUT2D eigenvalue weighted by Gasteiger charge is -2.13. The van der Waals surface area contributed by atoms with Gasteiger partial charge in [-0.1, -0.05) is 0 Å². The van der Waals surface area contributed by atoms with Gasteiger partial charge in [0.15, 0.2) is 0 Å². The smallest absolute Gasteiger partial charge is 0.143 e. The Morgan fingerprint density at radius 3 is 2.80 bits per heavy atom.